The lowest BCUT2D eigenvalue weighted by atomic mass is 9.89. The zero-order valence-electron chi connectivity index (χ0n) is 10.9. The van der Waals surface area contributed by atoms with E-state index < -0.39 is 11.5 Å². The second-order valence-corrected chi connectivity index (χ2v) is 5.77. The number of hydrogen-bond acceptors (Lipinski definition) is 2. The molecule has 0 saturated heterocycles. The summed E-state index contributed by atoms with van der Waals surface area (Å²) >= 11 is 0. The van der Waals surface area contributed by atoms with Gasteiger partial charge in [-0.05, 0) is 18.8 Å². The van der Waals surface area contributed by atoms with Crippen molar-refractivity contribution in [3.05, 3.63) is 0 Å². The molecular weight excluding hydrogens is 206 g/mol. The number of carbonyl (C=O) groups excluding carboxylic acids is 1. The third-order valence-corrected chi connectivity index (χ3v) is 2.45. The van der Waals surface area contributed by atoms with Crippen molar-refractivity contribution in [1.82, 2.24) is 5.32 Å². The molecule has 16 heavy (non-hydrogen) atoms. The van der Waals surface area contributed by atoms with Gasteiger partial charge >= 0.3 is 5.97 Å². The number of amides is 1. The second kappa shape index (κ2) is 5.32. The Morgan fingerprint density at radius 1 is 1.12 bits per heavy atom. The number of carbonyl (C=O) groups is 2. The van der Waals surface area contributed by atoms with Crippen LogP contribution in [0.5, 0.6) is 0 Å². The number of carboxylic acid groups (broad SMARTS) is 1. The average molecular weight is 229 g/mol. The van der Waals surface area contributed by atoms with Crippen LogP contribution >= 0.6 is 0 Å². The van der Waals surface area contributed by atoms with Crippen molar-refractivity contribution in [2.75, 3.05) is 0 Å². The van der Waals surface area contributed by atoms with Crippen molar-refractivity contribution < 1.29 is 14.7 Å². The van der Waals surface area contributed by atoms with Gasteiger partial charge in [0, 0.05) is 12.0 Å². The lowest BCUT2D eigenvalue weighted by Crippen LogP contribution is -2.47. The Hall–Kier alpha value is -1.06. The van der Waals surface area contributed by atoms with Gasteiger partial charge in [-0.25, -0.2) is 0 Å². The lowest BCUT2D eigenvalue weighted by Gasteiger charge is -2.29. The standard InChI is InChI=1S/C12H23NO3/c1-6-12(5,8-10(15)16)13-9(14)7-11(2,3)4/h6-8H2,1-5H3,(H,13,14)(H,15,16). The second-order valence-electron chi connectivity index (χ2n) is 5.77. The van der Waals surface area contributed by atoms with Gasteiger partial charge in [-0.3, -0.25) is 9.59 Å². The first-order chi connectivity index (χ1) is 7.08. The molecule has 0 aromatic rings. The molecule has 0 fully saturated rings. The van der Waals surface area contributed by atoms with E-state index in [1.807, 2.05) is 27.7 Å². The maximum atomic E-state index is 11.7. The van der Waals surface area contributed by atoms with Crippen LogP contribution in [0, 0.1) is 5.41 Å². The molecule has 0 spiro atoms. The monoisotopic (exact) mass is 229 g/mol. The zero-order chi connectivity index (χ0) is 13.0. The Labute approximate surface area is 97.4 Å². The molecule has 0 aromatic heterocycles. The predicted octanol–water partition coefficient (Wildman–Crippen LogP) is 2.18. The van der Waals surface area contributed by atoms with E-state index in [9.17, 15) is 9.59 Å². The van der Waals surface area contributed by atoms with Crippen LogP contribution < -0.4 is 5.32 Å². The summed E-state index contributed by atoms with van der Waals surface area (Å²) in [6.45, 7) is 9.58. The first kappa shape index (κ1) is 14.9. The van der Waals surface area contributed by atoms with Crippen LogP contribution in [0.1, 0.15) is 53.9 Å². The topological polar surface area (TPSA) is 66.4 Å². The minimum absolute atomic E-state index is 0.0423. The highest BCUT2D eigenvalue weighted by atomic mass is 16.4. The highest BCUT2D eigenvalue weighted by Gasteiger charge is 2.28. The fourth-order valence-corrected chi connectivity index (χ4v) is 1.45. The Balaban J connectivity index is 4.42. The van der Waals surface area contributed by atoms with Crippen LogP contribution in [-0.4, -0.2) is 22.5 Å². The molecule has 1 amide bonds. The first-order valence-corrected chi connectivity index (χ1v) is 5.61. The lowest BCUT2D eigenvalue weighted by molar-refractivity contribution is -0.139. The normalized spacial score (nSPS) is 15.3. The maximum Gasteiger partial charge on any atom is 0.305 e. The smallest absolute Gasteiger partial charge is 0.305 e. The van der Waals surface area contributed by atoms with Gasteiger partial charge in [0.25, 0.3) is 0 Å². The van der Waals surface area contributed by atoms with E-state index in [0.29, 0.717) is 12.8 Å². The van der Waals surface area contributed by atoms with Gasteiger partial charge in [-0.15, -0.1) is 0 Å². The van der Waals surface area contributed by atoms with E-state index >= 15 is 0 Å². The average Bonchev–Trinajstić information content (AvgIpc) is 1.98. The fraction of sp³-hybridized carbons (Fsp3) is 0.833. The zero-order valence-corrected chi connectivity index (χ0v) is 10.9. The number of hydrogen-bond donors (Lipinski definition) is 2. The van der Waals surface area contributed by atoms with Crippen molar-refractivity contribution in [3.63, 3.8) is 0 Å². The molecule has 0 aliphatic carbocycles. The largest absolute Gasteiger partial charge is 0.481 e. The molecule has 1 atom stereocenters. The molecule has 4 heteroatoms. The van der Waals surface area contributed by atoms with Crippen LogP contribution in [0.15, 0.2) is 0 Å². The van der Waals surface area contributed by atoms with E-state index in [1.54, 1.807) is 6.92 Å². The molecule has 0 rings (SSSR count). The molecule has 0 aliphatic heterocycles. The van der Waals surface area contributed by atoms with Crippen molar-refractivity contribution in [2.45, 2.75) is 59.4 Å². The van der Waals surface area contributed by atoms with E-state index in [2.05, 4.69) is 5.32 Å². The first-order valence-electron chi connectivity index (χ1n) is 5.61. The summed E-state index contributed by atoms with van der Waals surface area (Å²) in [4.78, 5) is 22.4. The Morgan fingerprint density at radius 3 is 1.94 bits per heavy atom. The summed E-state index contributed by atoms with van der Waals surface area (Å²) in [5.41, 5.74) is -0.726. The van der Waals surface area contributed by atoms with Crippen LogP contribution in [0.4, 0.5) is 0 Å². The fourth-order valence-electron chi connectivity index (χ4n) is 1.45. The number of nitrogens with one attached hydrogen (secondary N) is 1. The van der Waals surface area contributed by atoms with Crippen molar-refractivity contribution in [3.8, 4) is 0 Å². The third kappa shape index (κ3) is 6.43. The molecule has 0 radical (unpaired) electrons. The molecule has 0 aliphatic rings. The Morgan fingerprint density at radius 2 is 1.62 bits per heavy atom. The van der Waals surface area contributed by atoms with E-state index in [0.717, 1.165) is 0 Å². The summed E-state index contributed by atoms with van der Waals surface area (Å²) < 4.78 is 0. The molecule has 94 valence electrons. The Bertz CT molecular complexity index is 268. The van der Waals surface area contributed by atoms with Gasteiger partial charge < -0.3 is 10.4 Å². The molecule has 4 nitrogen and oxygen atoms in total. The van der Waals surface area contributed by atoms with E-state index in [4.69, 9.17) is 5.11 Å². The SMILES string of the molecule is CCC(C)(CC(=O)O)NC(=O)CC(C)(C)C. The van der Waals surface area contributed by atoms with Gasteiger partial charge in [0.2, 0.25) is 5.91 Å². The van der Waals surface area contributed by atoms with E-state index in [-0.39, 0.29) is 17.7 Å². The quantitative estimate of drug-likeness (QED) is 0.759. The maximum absolute atomic E-state index is 11.7. The molecule has 1 unspecified atom stereocenters. The van der Waals surface area contributed by atoms with Crippen LogP contribution in [0.25, 0.3) is 0 Å². The molecular formula is C12H23NO3. The molecule has 0 aromatic carbocycles. The highest BCUT2D eigenvalue weighted by molar-refractivity contribution is 5.78. The number of rotatable bonds is 5. The minimum Gasteiger partial charge on any atom is -0.481 e. The molecule has 0 bridgehead atoms. The van der Waals surface area contributed by atoms with Crippen molar-refractivity contribution in [1.29, 1.82) is 0 Å². The third-order valence-electron chi connectivity index (χ3n) is 2.45. The molecule has 0 saturated carbocycles. The summed E-state index contributed by atoms with van der Waals surface area (Å²) in [5, 5.41) is 11.6. The number of aliphatic carboxylic acids is 1. The summed E-state index contributed by atoms with van der Waals surface area (Å²) in [5.74, 6) is -0.974. The highest BCUT2D eigenvalue weighted by Crippen LogP contribution is 2.20. The summed E-state index contributed by atoms with van der Waals surface area (Å²) in [6.07, 6.45) is 0.969. The molecule has 2 N–H and O–H groups in total. The minimum atomic E-state index is -0.889. The molecule has 0 heterocycles. The van der Waals surface area contributed by atoms with Crippen LogP contribution in [0.2, 0.25) is 0 Å². The van der Waals surface area contributed by atoms with E-state index in [1.165, 1.54) is 0 Å². The van der Waals surface area contributed by atoms with Crippen molar-refractivity contribution in [2.24, 2.45) is 5.41 Å². The van der Waals surface area contributed by atoms with Gasteiger partial charge in [-0.1, -0.05) is 27.7 Å². The van der Waals surface area contributed by atoms with Gasteiger partial charge in [0.15, 0.2) is 0 Å². The van der Waals surface area contributed by atoms with Crippen molar-refractivity contribution >= 4 is 11.9 Å². The summed E-state index contributed by atoms with van der Waals surface area (Å²) in [7, 11) is 0. The van der Waals surface area contributed by atoms with Crippen LogP contribution in [-0.2, 0) is 9.59 Å². The van der Waals surface area contributed by atoms with Gasteiger partial charge in [0.1, 0.15) is 0 Å². The van der Waals surface area contributed by atoms with Gasteiger partial charge in [0.05, 0.1) is 6.42 Å². The van der Waals surface area contributed by atoms with Crippen LogP contribution in [0.3, 0.4) is 0 Å². The van der Waals surface area contributed by atoms with Gasteiger partial charge in [-0.2, -0.15) is 0 Å². The number of carboxylic acids is 1. The Kier molecular flexibility index (Phi) is 4.97. The predicted molar refractivity (Wildman–Crippen MR) is 63.2 cm³/mol. The summed E-state index contributed by atoms with van der Waals surface area (Å²) in [6, 6.07) is 0.